The fourth-order valence-corrected chi connectivity index (χ4v) is 11.4. The first kappa shape index (κ1) is 73.8. The second-order valence-corrected chi connectivity index (χ2v) is 24.0. The van der Waals surface area contributed by atoms with E-state index in [4.69, 9.17) is 18.9 Å². The number of ether oxygens (including phenoxy) is 4. The molecule has 79 heavy (non-hydrogen) atoms. The minimum atomic E-state index is -1.78. The van der Waals surface area contributed by atoms with E-state index in [1.807, 2.05) is 6.08 Å². The van der Waals surface area contributed by atoms with Crippen molar-refractivity contribution in [2.75, 3.05) is 19.8 Å². The first-order chi connectivity index (χ1) is 38.6. The van der Waals surface area contributed by atoms with Gasteiger partial charge in [0, 0.05) is 6.42 Å². The number of unbranched alkanes of at least 4 members (excludes halogenated alkanes) is 42. The summed E-state index contributed by atoms with van der Waals surface area (Å²) < 4.78 is 22.7. The van der Waals surface area contributed by atoms with Gasteiger partial charge < -0.3 is 65.1 Å². The van der Waals surface area contributed by atoms with Crippen LogP contribution in [-0.4, -0.2) is 140 Å². The van der Waals surface area contributed by atoms with Gasteiger partial charge in [0.05, 0.1) is 32.0 Å². The lowest BCUT2D eigenvalue weighted by atomic mass is 9.97. The molecule has 14 nitrogen and oxygen atoms in total. The molecule has 2 heterocycles. The molecule has 4 unspecified atom stereocenters. The van der Waals surface area contributed by atoms with Gasteiger partial charge in [-0.1, -0.05) is 289 Å². The first-order valence-corrected chi connectivity index (χ1v) is 33.4. The largest absolute Gasteiger partial charge is 0.394 e. The van der Waals surface area contributed by atoms with Gasteiger partial charge in [-0.15, -0.1) is 0 Å². The van der Waals surface area contributed by atoms with Gasteiger partial charge in [-0.05, 0) is 19.3 Å². The molecule has 0 spiro atoms. The van der Waals surface area contributed by atoms with E-state index < -0.39 is 86.8 Å². The van der Waals surface area contributed by atoms with Crippen LogP contribution in [0.2, 0.25) is 0 Å². The summed E-state index contributed by atoms with van der Waals surface area (Å²) in [6, 6.07) is -0.908. The van der Waals surface area contributed by atoms with Crippen LogP contribution in [0.3, 0.4) is 0 Å². The number of aliphatic hydroxyl groups excluding tert-OH is 8. The van der Waals surface area contributed by atoms with Crippen molar-refractivity contribution in [3.05, 3.63) is 12.2 Å². The summed E-state index contributed by atoms with van der Waals surface area (Å²) in [6.07, 6.45) is 44.7. The second-order valence-electron chi connectivity index (χ2n) is 24.0. The first-order valence-electron chi connectivity index (χ1n) is 33.4. The molecule has 468 valence electrons. The summed E-state index contributed by atoms with van der Waals surface area (Å²) >= 11 is 0. The average molecular weight is 1130 g/mol. The molecule has 0 aromatic heterocycles. The van der Waals surface area contributed by atoms with Gasteiger partial charge in [0.25, 0.3) is 0 Å². The Hall–Kier alpha value is -1.27. The zero-order chi connectivity index (χ0) is 57.4. The smallest absolute Gasteiger partial charge is 0.220 e. The maximum absolute atomic E-state index is 13.2. The van der Waals surface area contributed by atoms with Gasteiger partial charge in [0.2, 0.25) is 5.91 Å². The van der Waals surface area contributed by atoms with Crippen LogP contribution < -0.4 is 5.32 Å². The monoisotopic (exact) mass is 1130 g/mol. The summed E-state index contributed by atoms with van der Waals surface area (Å²) in [7, 11) is 0. The molecule has 2 rings (SSSR count). The molecule has 0 aromatic carbocycles. The van der Waals surface area contributed by atoms with Gasteiger partial charge in [0.1, 0.15) is 48.8 Å². The van der Waals surface area contributed by atoms with E-state index in [2.05, 4.69) is 19.2 Å². The van der Waals surface area contributed by atoms with Crippen molar-refractivity contribution in [1.82, 2.24) is 5.32 Å². The summed E-state index contributed by atoms with van der Waals surface area (Å²) in [5.41, 5.74) is 0. The van der Waals surface area contributed by atoms with Crippen molar-refractivity contribution < 1.29 is 64.6 Å². The predicted octanol–water partition coefficient (Wildman–Crippen LogP) is 12.6. The Kier molecular flexibility index (Phi) is 47.8. The fraction of sp³-hybridized carbons (Fsp3) is 0.954. The number of carbonyl (C=O) groups excluding carboxylic acids is 1. The highest BCUT2D eigenvalue weighted by Crippen LogP contribution is 2.30. The molecule has 1 amide bonds. The second kappa shape index (κ2) is 51.2. The molecule has 9 N–H and O–H groups in total. The van der Waals surface area contributed by atoms with Gasteiger partial charge in [-0.25, -0.2) is 0 Å². The lowest BCUT2D eigenvalue weighted by Gasteiger charge is -2.46. The molecular weight excluding hydrogens is 1000 g/mol. The van der Waals surface area contributed by atoms with Crippen molar-refractivity contribution in [1.29, 1.82) is 0 Å². The normalized spacial score (nSPS) is 24.4. The molecule has 2 aliphatic rings. The van der Waals surface area contributed by atoms with E-state index in [1.165, 1.54) is 238 Å². The third-order valence-corrected chi connectivity index (χ3v) is 16.7. The van der Waals surface area contributed by atoms with E-state index in [0.29, 0.717) is 6.42 Å². The Balaban J connectivity index is 1.53. The lowest BCUT2D eigenvalue weighted by molar-refractivity contribution is -0.359. The summed E-state index contributed by atoms with van der Waals surface area (Å²) in [4.78, 5) is 13.2. The van der Waals surface area contributed by atoms with E-state index in [1.54, 1.807) is 6.08 Å². The highest BCUT2D eigenvalue weighted by molar-refractivity contribution is 5.76. The van der Waals surface area contributed by atoms with Gasteiger partial charge >= 0.3 is 0 Å². The number of allylic oxidation sites excluding steroid dienone is 1. The number of hydrogen-bond donors (Lipinski definition) is 9. The number of rotatable bonds is 55. The standard InChI is InChI=1S/C65H125NO13/c1-3-5-7-9-11-13-14-15-16-17-18-19-20-21-22-23-24-25-26-27-28-29-30-31-32-33-34-35-36-37-38-39-41-43-45-47-49-57(70)66-53(54(69)48-46-44-42-40-12-10-8-6-4-2)52-76-64-62(75)60(73)63(56(51-68)78-64)79-65-61(74)59(72)58(71)55(50-67)77-65/h46,48,53-56,58-65,67-69,71-75H,3-45,47,49-52H2,1-2H3,(H,66,70)/b48-46+/t53-,54+,55+,56+,58-,59?,60?,61?,62?,63+,64+,65-/m0/s1. The number of aliphatic hydroxyl groups is 8. The van der Waals surface area contributed by atoms with Crippen LogP contribution in [-0.2, 0) is 23.7 Å². The maximum Gasteiger partial charge on any atom is 0.220 e. The van der Waals surface area contributed by atoms with Crippen LogP contribution in [0.1, 0.15) is 303 Å². The number of amides is 1. The minimum Gasteiger partial charge on any atom is -0.394 e. The molecular formula is C65H125NO13. The zero-order valence-electron chi connectivity index (χ0n) is 50.6. The number of nitrogens with one attached hydrogen (secondary N) is 1. The Bertz CT molecular complexity index is 1380. The van der Waals surface area contributed by atoms with Crippen molar-refractivity contribution in [2.24, 2.45) is 0 Å². The Morgan fingerprint density at radius 1 is 0.443 bits per heavy atom. The van der Waals surface area contributed by atoms with Crippen molar-refractivity contribution >= 4 is 5.91 Å². The minimum absolute atomic E-state index is 0.235. The third-order valence-electron chi connectivity index (χ3n) is 16.7. The fourth-order valence-electron chi connectivity index (χ4n) is 11.4. The number of carbonyl (C=O) groups is 1. The zero-order valence-corrected chi connectivity index (χ0v) is 50.6. The highest BCUT2D eigenvalue weighted by Gasteiger charge is 2.51. The van der Waals surface area contributed by atoms with E-state index in [-0.39, 0.29) is 18.9 Å². The van der Waals surface area contributed by atoms with Crippen LogP contribution in [0.15, 0.2) is 12.2 Å². The summed E-state index contributed by atoms with van der Waals surface area (Å²) in [5.74, 6) is -0.235. The Labute approximate surface area is 482 Å². The van der Waals surface area contributed by atoms with Gasteiger partial charge in [-0.2, -0.15) is 0 Å². The Morgan fingerprint density at radius 3 is 1.16 bits per heavy atom. The van der Waals surface area contributed by atoms with Crippen molar-refractivity contribution in [2.45, 2.75) is 376 Å². The van der Waals surface area contributed by atoms with Crippen LogP contribution in [0.5, 0.6) is 0 Å². The molecule has 2 fully saturated rings. The Morgan fingerprint density at radius 2 is 0.785 bits per heavy atom. The SMILES string of the molecule is CCCCCCCCC/C=C/[C@@H](O)[C@H](CO[C@@H]1O[C@H](CO)[C@@H](O[C@@H]2O[C@H](CO)[C@H](O)C(O)C2O)C(O)C1O)NC(=O)CCCCCCCCCCCCCCCCCCCCCCCCCCCCCCCCCCCCCC. The molecule has 12 atom stereocenters. The van der Waals surface area contributed by atoms with Gasteiger partial charge in [0.15, 0.2) is 12.6 Å². The maximum atomic E-state index is 13.2. The molecule has 0 radical (unpaired) electrons. The predicted molar refractivity (Wildman–Crippen MR) is 319 cm³/mol. The third kappa shape index (κ3) is 36.2. The van der Waals surface area contributed by atoms with Crippen LogP contribution in [0.4, 0.5) is 0 Å². The highest BCUT2D eigenvalue weighted by atomic mass is 16.7. The summed E-state index contributed by atoms with van der Waals surface area (Å²) in [5, 5.41) is 86.9. The molecule has 0 aromatic rings. The van der Waals surface area contributed by atoms with Crippen LogP contribution >= 0.6 is 0 Å². The van der Waals surface area contributed by atoms with Crippen LogP contribution in [0.25, 0.3) is 0 Å². The van der Waals surface area contributed by atoms with E-state index in [9.17, 15) is 45.6 Å². The average Bonchev–Trinajstić information content (AvgIpc) is 3.48. The molecule has 2 saturated heterocycles. The quantitative estimate of drug-likeness (QED) is 0.0204. The van der Waals surface area contributed by atoms with Gasteiger partial charge in [-0.3, -0.25) is 4.79 Å². The molecule has 0 aliphatic carbocycles. The molecule has 0 bridgehead atoms. The van der Waals surface area contributed by atoms with Crippen molar-refractivity contribution in [3.63, 3.8) is 0 Å². The van der Waals surface area contributed by atoms with E-state index in [0.717, 1.165) is 38.5 Å². The molecule has 14 heteroatoms. The lowest BCUT2D eigenvalue weighted by Crippen LogP contribution is -2.65. The number of hydrogen-bond acceptors (Lipinski definition) is 13. The molecule has 2 aliphatic heterocycles. The van der Waals surface area contributed by atoms with Crippen LogP contribution in [0, 0.1) is 0 Å². The van der Waals surface area contributed by atoms with E-state index >= 15 is 0 Å². The topological polar surface area (TPSA) is 228 Å². The van der Waals surface area contributed by atoms with Crippen molar-refractivity contribution in [3.8, 4) is 0 Å². The molecule has 0 saturated carbocycles. The summed E-state index contributed by atoms with van der Waals surface area (Å²) in [6.45, 7) is 2.79.